The number of rotatable bonds is 8. The van der Waals surface area contributed by atoms with Crippen LogP contribution >= 0.6 is 17.8 Å². The molecule has 0 spiro atoms. The van der Waals surface area contributed by atoms with E-state index in [1.165, 1.54) is 73.6 Å². The SMILES string of the molecule is C1CCNC1.C=C/C=C/c1ccccc1.CC(/C=C/c1ccccc1)N1CCCC1.[CH2-]N1CCN2CCN3CCN([PH+](c4ccccc4)c4ccccc4)C3[CH-]C12.[Cl][Rh+2]. The molecule has 5 aliphatic heterocycles. The molecular formula is C50H66ClN6PRh+. The first-order chi connectivity index (χ1) is 29.1. The van der Waals surface area contributed by atoms with Gasteiger partial charge in [-0.2, -0.15) is 4.67 Å². The van der Waals surface area contributed by atoms with Crippen molar-refractivity contribution in [1.82, 2.24) is 29.6 Å². The van der Waals surface area contributed by atoms with Crippen LogP contribution in [0.2, 0.25) is 0 Å². The molecule has 3 unspecified atom stereocenters. The molecule has 0 saturated carbocycles. The van der Waals surface area contributed by atoms with E-state index >= 15 is 0 Å². The van der Waals surface area contributed by atoms with Gasteiger partial charge in [-0.1, -0.05) is 140 Å². The minimum atomic E-state index is -1.00. The Morgan fingerprint density at radius 3 is 1.64 bits per heavy atom. The van der Waals surface area contributed by atoms with Gasteiger partial charge in [0, 0.05) is 38.8 Å². The van der Waals surface area contributed by atoms with E-state index in [0.29, 0.717) is 18.4 Å². The van der Waals surface area contributed by atoms with Crippen molar-refractivity contribution in [1.29, 1.82) is 0 Å². The molecule has 9 heteroatoms. The van der Waals surface area contributed by atoms with Crippen molar-refractivity contribution < 1.29 is 17.3 Å². The normalized spacial score (nSPS) is 21.5. The van der Waals surface area contributed by atoms with Gasteiger partial charge in [0.1, 0.15) is 18.7 Å². The summed E-state index contributed by atoms with van der Waals surface area (Å²) in [5.74, 6) is 0. The van der Waals surface area contributed by atoms with E-state index in [0.717, 1.165) is 39.3 Å². The number of fused-ring (bicyclic) bond motifs is 2. The van der Waals surface area contributed by atoms with Crippen LogP contribution in [0.1, 0.15) is 43.7 Å². The second-order valence-corrected chi connectivity index (χ2v) is 17.8. The monoisotopic (exact) mass is 919 g/mol. The predicted molar refractivity (Wildman–Crippen MR) is 254 cm³/mol. The fraction of sp³-hybridized carbons (Fsp3) is 0.360. The van der Waals surface area contributed by atoms with E-state index < -0.39 is 8.07 Å². The molecule has 5 aliphatic rings. The van der Waals surface area contributed by atoms with Crippen LogP contribution in [0.25, 0.3) is 12.2 Å². The van der Waals surface area contributed by atoms with Crippen LogP contribution in [-0.2, 0) is 17.3 Å². The Morgan fingerprint density at radius 1 is 0.661 bits per heavy atom. The predicted octanol–water partition coefficient (Wildman–Crippen LogP) is 8.79. The van der Waals surface area contributed by atoms with Gasteiger partial charge in [-0.25, -0.2) is 0 Å². The van der Waals surface area contributed by atoms with Gasteiger partial charge >= 0.3 is 27.0 Å². The van der Waals surface area contributed by atoms with E-state index in [-0.39, 0.29) is 0 Å². The molecule has 3 atom stereocenters. The number of nitrogens with one attached hydrogen (secondary N) is 1. The molecule has 5 heterocycles. The van der Waals surface area contributed by atoms with Gasteiger partial charge in [0.15, 0.2) is 0 Å². The molecular weight excluding hydrogens is 854 g/mol. The van der Waals surface area contributed by atoms with Gasteiger partial charge in [-0.15, -0.1) is 0 Å². The average molecular weight is 920 g/mol. The van der Waals surface area contributed by atoms with Crippen LogP contribution in [0.4, 0.5) is 0 Å². The third-order valence-electron chi connectivity index (χ3n) is 11.4. The Morgan fingerprint density at radius 2 is 1.14 bits per heavy atom. The topological polar surface area (TPSA) is 28.2 Å². The molecule has 9 rings (SSSR count). The molecule has 0 aliphatic carbocycles. The summed E-state index contributed by atoms with van der Waals surface area (Å²) in [7, 11) is 7.82. The maximum atomic E-state index is 4.53. The molecule has 59 heavy (non-hydrogen) atoms. The first-order valence-corrected chi connectivity index (χ1v) is 25.0. The van der Waals surface area contributed by atoms with Gasteiger partial charge in [0.2, 0.25) is 0 Å². The number of likely N-dealkylation sites (tertiary alicyclic amines) is 1. The van der Waals surface area contributed by atoms with E-state index in [1.54, 1.807) is 6.08 Å². The van der Waals surface area contributed by atoms with Gasteiger partial charge in [-0.3, -0.25) is 18.4 Å². The molecule has 1 N–H and O–H groups in total. The average Bonchev–Trinajstić information content (AvgIpc) is 4.16. The summed E-state index contributed by atoms with van der Waals surface area (Å²) >= 11 is 2.02. The van der Waals surface area contributed by atoms with Crippen LogP contribution in [0, 0.1) is 13.5 Å². The summed E-state index contributed by atoms with van der Waals surface area (Å²) in [6, 6.07) is 43.5. The number of allylic oxidation sites excluding steroid dienone is 2. The van der Waals surface area contributed by atoms with Crippen LogP contribution in [0.5, 0.6) is 0 Å². The van der Waals surface area contributed by atoms with E-state index in [1.807, 2.05) is 47.7 Å². The van der Waals surface area contributed by atoms with Crippen molar-refractivity contribution >= 4 is 40.5 Å². The number of hydrogen-bond donors (Lipinski definition) is 1. The van der Waals surface area contributed by atoms with E-state index in [9.17, 15) is 0 Å². The second kappa shape index (κ2) is 27.2. The van der Waals surface area contributed by atoms with Crippen molar-refractivity contribution in [2.24, 2.45) is 0 Å². The molecule has 0 amide bonds. The zero-order valence-electron chi connectivity index (χ0n) is 35.0. The Bertz CT molecular complexity index is 1710. The van der Waals surface area contributed by atoms with Crippen molar-refractivity contribution in [2.45, 2.75) is 51.0 Å². The quantitative estimate of drug-likeness (QED) is 0.0824. The summed E-state index contributed by atoms with van der Waals surface area (Å²) in [6.07, 6.45) is 19.1. The van der Waals surface area contributed by atoms with E-state index in [2.05, 4.69) is 182 Å². The Hall–Kier alpha value is -2.80. The molecule has 5 saturated heterocycles. The fourth-order valence-electron chi connectivity index (χ4n) is 8.21. The van der Waals surface area contributed by atoms with Gasteiger partial charge in [-0.05, 0) is 107 Å². The summed E-state index contributed by atoms with van der Waals surface area (Å²) < 4.78 is 2.78. The number of benzene rings is 4. The molecule has 316 valence electrons. The van der Waals surface area contributed by atoms with Gasteiger partial charge in [0.25, 0.3) is 0 Å². The number of halogens is 1. The Kier molecular flexibility index (Phi) is 21.8. The Balaban J connectivity index is 0.000000173. The van der Waals surface area contributed by atoms with Crippen molar-refractivity contribution in [2.75, 3.05) is 65.4 Å². The van der Waals surface area contributed by atoms with Crippen LogP contribution in [0.3, 0.4) is 0 Å². The van der Waals surface area contributed by atoms with Crippen molar-refractivity contribution in [3.05, 3.63) is 171 Å². The summed E-state index contributed by atoms with van der Waals surface area (Å²) in [5, 5.41) is 6.17. The second-order valence-electron chi connectivity index (χ2n) is 15.4. The van der Waals surface area contributed by atoms with E-state index in [4.69, 9.17) is 0 Å². The molecule has 4 aromatic carbocycles. The third kappa shape index (κ3) is 15.3. The maximum absolute atomic E-state index is 4.53. The fourth-order valence-corrected chi connectivity index (χ4v) is 11.1. The number of nitrogens with zero attached hydrogens (tertiary/aromatic N) is 5. The van der Waals surface area contributed by atoms with Crippen LogP contribution in [-0.4, -0.2) is 108 Å². The molecule has 0 aromatic heterocycles. The standard InChI is InChI=1S/C22H27N4P.C14H19N.C10H10.C4H9N.ClH.Rh/c1-23-12-13-24-14-15-25-16-17-26(22(25)18-21(23)24)27(19-8-4-2-5-9-19)20-10-6-3-7-11-20;1-13(15-11-5-6-12-15)9-10-14-7-3-2-4-8-14;1-2-3-7-10-8-5-4-6-9-10;1-2-4-5-3-1;;/h2-11,18,21-22H,1,12-17H2;2-4,7-10,13H,5-6,11-12H2,1H3;2-9H,1H2;5H,1-4H2;1H;/q-2;;;;;+3/b;10-9+;7-3+;;;. The molecule has 0 radical (unpaired) electrons. The third-order valence-corrected chi connectivity index (χ3v) is 14.2. The zero-order chi connectivity index (χ0) is 41.5. The first kappa shape index (κ1) is 47.3. The zero-order valence-corrected chi connectivity index (χ0v) is 38.4. The summed E-state index contributed by atoms with van der Waals surface area (Å²) in [6.45, 7) is 17.7. The molecule has 4 aromatic rings. The molecule has 5 fully saturated rings. The van der Waals surface area contributed by atoms with Crippen LogP contribution < -0.4 is 15.9 Å². The van der Waals surface area contributed by atoms with Crippen molar-refractivity contribution in [3.8, 4) is 0 Å². The Labute approximate surface area is 372 Å². The van der Waals surface area contributed by atoms with Crippen molar-refractivity contribution in [3.63, 3.8) is 0 Å². The van der Waals surface area contributed by atoms with Gasteiger partial charge in [0.05, 0.1) is 0 Å². The first-order valence-electron chi connectivity index (χ1n) is 21.4. The minimum absolute atomic E-state index is 0.371. The number of hydrogen-bond acceptors (Lipinski definition) is 6. The van der Waals surface area contributed by atoms with Gasteiger partial charge < -0.3 is 20.0 Å². The summed E-state index contributed by atoms with van der Waals surface area (Å²) in [4.78, 5) is 10.1. The molecule has 6 nitrogen and oxygen atoms in total. The molecule has 0 bridgehead atoms. The summed E-state index contributed by atoms with van der Waals surface area (Å²) in [5.41, 5.74) is 2.51. The van der Waals surface area contributed by atoms with Crippen LogP contribution in [0.15, 0.2) is 146 Å².